The van der Waals surface area contributed by atoms with Crippen LogP contribution in [0.5, 0.6) is 0 Å². The molecule has 0 fully saturated rings. The molecule has 0 saturated carbocycles. The number of halogens is 1. The van der Waals surface area contributed by atoms with E-state index in [-0.39, 0.29) is 4.90 Å². The highest BCUT2D eigenvalue weighted by atomic mass is 79.9. The Morgan fingerprint density at radius 1 is 1.05 bits per heavy atom. The molecule has 4 nitrogen and oxygen atoms in total. The zero-order valence-electron chi connectivity index (χ0n) is 12.1. The van der Waals surface area contributed by atoms with Gasteiger partial charge in [-0.3, -0.25) is 4.79 Å². The first kappa shape index (κ1) is 16.7. The van der Waals surface area contributed by atoms with Crippen molar-refractivity contribution >= 4 is 31.7 Å². The molecule has 2 aromatic carbocycles. The Labute approximate surface area is 138 Å². The molecule has 0 spiro atoms. The molecule has 116 valence electrons. The molecule has 0 aliphatic rings. The van der Waals surface area contributed by atoms with Crippen LogP contribution in [0.4, 0.5) is 0 Å². The summed E-state index contributed by atoms with van der Waals surface area (Å²) in [6.07, 6.45) is 0. The molecule has 1 amide bonds. The maximum atomic E-state index is 12.2. The van der Waals surface area contributed by atoms with Gasteiger partial charge in [-0.25, -0.2) is 8.42 Å². The van der Waals surface area contributed by atoms with Crippen molar-refractivity contribution in [3.05, 3.63) is 64.6 Å². The number of nitrogens with zero attached hydrogens (tertiary/aromatic N) is 1. The molecule has 0 N–H and O–H groups in total. The summed E-state index contributed by atoms with van der Waals surface area (Å²) in [7, 11) is -2.01. The minimum atomic E-state index is -3.61. The Hall–Kier alpha value is -1.66. The molecule has 0 aliphatic carbocycles. The van der Waals surface area contributed by atoms with Crippen molar-refractivity contribution < 1.29 is 13.2 Å². The van der Waals surface area contributed by atoms with Gasteiger partial charge in [-0.1, -0.05) is 52.3 Å². The SMILES string of the molecule is CN(Cc1ccccc1Br)C(=O)CS(=O)(=O)c1ccccc1. The van der Waals surface area contributed by atoms with E-state index in [4.69, 9.17) is 0 Å². The van der Waals surface area contributed by atoms with Gasteiger partial charge in [-0.05, 0) is 23.8 Å². The predicted molar refractivity (Wildman–Crippen MR) is 89.1 cm³/mol. The number of benzene rings is 2. The summed E-state index contributed by atoms with van der Waals surface area (Å²) in [6, 6.07) is 15.5. The summed E-state index contributed by atoms with van der Waals surface area (Å²) in [5, 5.41) is 0. The number of carbonyl (C=O) groups is 1. The van der Waals surface area contributed by atoms with Crippen molar-refractivity contribution in [3.63, 3.8) is 0 Å². The Morgan fingerprint density at radius 2 is 1.64 bits per heavy atom. The molecule has 22 heavy (non-hydrogen) atoms. The summed E-state index contributed by atoms with van der Waals surface area (Å²) < 4.78 is 25.3. The van der Waals surface area contributed by atoms with Gasteiger partial charge in [0.2, 0.25) is 5.91 Å². The smallest absolute Gasteiger partial charge is 0.238 e. The Balaban J connectivity index is 2.07. The fourth-order valence-electron chi connectivity index (χ4n) is 1.95. The lowest BCUT2D eigenvalue weighted by Crippen LogP contribution is -2.32. The second-order valence-electron chi connectivity index (χ2n) is 4.91. The Bertz CT molecular complexity index is 760. The van der Waals surface area contributed by atoms with Gasteiger partial charge in [0.05, 0.1) is 4.90 Å². The third-order valence-electron chi connectivity index (χ3n) is 3.21. The van der Waals surface area contributed by atoms with Crippen LogP contribution in [0.25, 0.3) is 0 Å². The minimum absolute atomic E-state index is 0.164. The topological polar surface area (TPSA) is 54.5 Å². The van der Waals surface area contributed by atoms with Gasteiger partial charge in [-0.15, -0.1) is 0 Å². The van der Waals surface area contributed by atoms with Gasteiger partial charge in [0.1, 0.15) is 5.75 Å². The van der Waals surface area contributed by atoms with Gasteiger partial charge in [0.25, 0.3) is 0 Å². The van der Waals surface area contributed by atoms with Crippen LogP contribution in [0, 0.1) is 0 Å². The van der Waals surface area contributed by atoms with E-state index in [1.807, 2.05) is 24.3 Å². The molecule has 0 aliphatic heterocycles. The first-order chi connectivity index (χ1) is 10.4. The Morgan fingerprint density at radius 3 is 2.27 bits per heavy atom. The molecule has 0 heterocycles. The molecule has 0 aromatic heterocycles. The van der Waals surface area contributed by atoms with Crippen LogP contribution in [0.2, 0.25) is 0 Å². The summed E-state index contributed by atoms with van der Waals surface area (Å²) in [4.78, 5) is 13.8. The number of hydrogen-bond acceptors (Lipinski definition) is 3. The van der Waals surface area contributed by atoms with E-state index in [9.17, 15) is 13.2 Å². The van der Waals surface area contributed by atoms with Crippen molar-refractivity contribution in [2.75, 3.05) is 12.8 Å². The van der Waals surface area contributed by atoms with Crippen LogP contribution in [0.15, 0.2) is 64.0 Å². The van der Waals surface area contributed by atoms with Crippen molar-refractivity contribution in [3.8, 4) is 0 Å². The van der Waals surface area contributed by atoms with Crippen LogP contribution < -0.4 is 0 Å². The molecule has 0 saturated heterocycles. The van der Waals surface area contributed by atoms with Crippen LogP contribution in [0.1, 0.15) is 5.56 Å². The number of sulfone groups is 1. The van der Waals surface area contributed by atoms with Gasteiger partial charge in [-0.2, -0.15) is 0 Å². The lowest BCUT2D eigenvalue weighted by atomic mass is 10.2. The molecule has 0 unspecified atom stereocenters. The highest BCUT2D eigenvalue weighted by molar-refractivity contribution is 9.10. The van der Waals surface area contributed by atoms with Crippen molar-refractivity contribution in [1.82, 2.24) is 4.90 Å². The van der Waals surface area contributed by atoms with Crippen LogP contribution >= 0.6 is 15.9 Å². The third kappa shape index (κ3) is 4.18. The van der Waals surface area contributed by atoms with Gasteiger partial charge < -0.3 is 4.90 Å². The van der Waals surface area contributed by atoms with E-state index in [0.29, 0.717) is 6.54 Å². The van der Waals surface area contributed by atoms with E-state index < -0.39 is 21.5 Å². The molecular formula is C16H16BrNO3S. The second kappa shape index (κ2) is 7.07. The van der Waals surface area contributed by atoms with Crippen molar-refractivity contribution in [2.24, 2.45) is 0 Å². The molecular weight excluding hydrogens is 366 g/mol. The van der Waals surface area contributed by atoms with E-state index >= 15 is 0 Å². The lowest BCUT2D eigenvalue weighted by molar-refractivity contribution is -0.127. The van der Waals surface area contributed by atoms with Crippen LogP contribution in [-0.4, -0.2) is 32.0 Å². The first-order valence-electron chi connectivity index (χ1n) is 6.65. The average molecular weight is 382 g/mol. The van der Waals surface area contributed by atoms with Gasteiger partial charge in [0.15, 0.2) is 9.84 Å². The number of rotatable bonds is 5. The maximum Gasteiger partial charge on any atom is 0.238 e. The highest BCUT2D eigenvalue weighted by Gasteiger charge is 2.21. The normalized spacial score (nSPS) is 11.2. The van der Waals surface area contributed by atoms with Crippen LogP contribution in [-0.2, 0) is 21.2 Å². The largest absolute Gasteiger partial charge is 0.340 e. The fourth-order valence-corrected chi connectivity index (χ4v) is 3.65. The van der Waals surface area contributed by atoms with E-state index in [1.165, 1.54) is 17.0 Å². The van der Waals surface area contributed by atoms with E-state index in [2.05, 4.69) is 15.9 Å². The standard InChI is InChI=1S/C16H16BrNO3S/c1-18(11-13-7-5-6-10-15(13)17)16(19)12-22(20,21)14-8-3-2-4-9-14/h2-10H,11-12H2,1H3. The molecule has 2 aromatic rings. The minimum Gasteiger partial charge on any atom is -0.340 e. The van der Waals surface area contributed by atoms with Gasteiger partial charge >= 0.3 is 0 Å². The quantitative estimate of drug-likeness (QED) is 0.799. The summed E-state index contributed by atoms with van der Waals surface area (Å²) >= 11 is 3.42. The second-order valence-corrected chi connectivity index (χ2v) is 7.76. The monoisotopic (exact) mass is 381 g/mol. The zero-order chi connectivity index (χ0) is 16.2. The average Bonchev–Trinajstić information content (AvgIpc) is 2.50. The molecule has 0 atom stereocenters. The number of amides is 1. The molecule has 0 radical (unpaired) electrons. The van der Waals surface area contributed by atoms with E-state index in [1.54, 1.807) is 25.2 Å². The zero-order valence-corrected chi connectivity index (χ0v) is 14.5. The summed E-state index contributed by atoms with van der Waals surface area (Å²) in [5.41, 5.74) is 0.926. The molecule has 2 rings (SSSR count). The lowest BCUT2D eigenvalue weighted by Gasteiger charge is -2.18. The third-order valence-corrected chi connectivity index (χ3v) is 5.60. The van der Waals surface area contributed by atoms with E-state index in [0.717, 1.165) is 10.0 Å². The van der Waals surface area contributed by atoms with Gasteiger partial charge in [0, 0.05) is 18.1 Å². The summed E-state index contributed by atoms with van der Waals surface area (Å²) in [6.45, 7) is 0.352. The molecule has 6 heteroatoms. The highest BCUT2D eigenvalue weighted by Crippen LogP contribution is 2.18. The summed E-state index contributed by atoms with van der Waals surface area (Å²) in [5.74, 6) is -0.961. The maximum absolute atomic E-state index is 12.2. The predicted octanol–water partition coefficient (Wildman–Crippen LogP) is 2.88. The Kier molecular flexibility index (Phi) is 5.37. The van der Waals surface area contributed by atoms with Crippen LogP contribution in [0.3, 0.4) is 0 Å². The van der Waals surface area contributed by atoms with Crippen molar-refractivity contribution in [1.29, 1.82) is 0 Å². The first-order valence-corrected chi connectivity index (χ1v) is 9.10. The molecule has 0 bridgehead atoms. The number of hydrogen-bond donors (Lipinski definition) is 0. The van der Waals surface area contributed by atoms with Crippen molar-refractivity contribution in [2.45, 2.75) is 11.4 Å². The number of carbonyl (C=O) groups excluding carboxylic acids is 1. The fraction of sp³-hybridized carbons (Fsp3) is 0.188.